The molecule has 144 valence electrons. The second-order valence-electron chi connectivity index (χ2n) is 6.41. The first kappa shape index (κ1) is 18.0. The Bertz CT molecular complexity index is 1130. The minimum atomic E-state index is -4.47. The van der Waals surface area contributed by atoms with E-state index in [-0.39, 0.29) is 0 Å². The highest BCUT2D eigenvalue weighted by Gasteiger charge is 2.32. The van der Waals surface area contributed by atoms with Gasteiger partial charge in [0.1, 0.15) is 5.75 Å². The number of halogens is 3. The van der Waals surface area contributed by atoms with E-state index < -0.39 is 11.7 Å². The Morgan fingerprint density at radius 3 is 2.57 bits per heavy atom. The van der Waals surface area contributed by atoms with Crippen LogP contribution in [0.25, 0.3) is 22.2 Å². The van der Waals surface area contributed by atoms with Crippen LogP contribution in [0.1, 0.15) is 11.1 Å². The number of alkyl halides is 3. The number of fused-ring (bicyclic) bond motifs is 1. The number of aromatic amines is 1. The number of hydrogen-bond acceptors (Lipinski definition) is 3. The summed E-state index contributed by atoms with van der Waals surface area (Å²) in [4.78, 5) is 2.85. The van der Waals surface area contributed by atoms with E-state index in [9.17, 15) is 13.2 Å². The van der Waals surface area contributed by atoms with Gasteiger partial charge in [0.05, 0.1) is 36.8 Å². The molecule has 2 aromatic carbocycles. The van der Waals surface area contributed by atoms with Crippen molar-refractivity contribution in [3.8, 4) is 17.0 Å². The van der Waals surface area contributed by atoms with E-state index in [1.807, 2.05) is 24.3 Å². The molecule has 5 nitrogen and oxygen atoms in total. The van der Waals surface area contributed by atoms with Crippen LogP contribution in [0.2, 0.25) is 0 Å². The minimum absolute atomic E-state index is 0.315. The van der Waals surface area contributed by atoms with E-state index in [1.165, 1.54) is 6.20 Å². The van der Waals surface area contributed by atoms with Crippen LogP contribution < -0.4 is 10.5 Å². The Labute approximate surface area is 158 Å². The van der Waals surface area contributed by atoms with Gasteiger partial charge in [-0.25, -0.2) is 0 Å². The second kappa shape index (κ2) is 6.63. The van der Waals surface area contributed by atoms with Gasteiger partial charge in [-0.05, 0) is 35.9 Å². The number of rotatable bonds is 4. The summed E-state index contributed by atoms with van der Waals surface area (Å²) in [6.07, 6.45) is -1.41. The van der Waals surface area contributed by atoms with Gasteiger partial charge < -0.3 is 15.5 Å². The SMILES string of the molecule is COc1ccc(Cn2ncc(N)c2-c2cc(C(F)(F)F)cc3[nH]ccc23)cc1. The van der Waals surface area contributed by atoms with Crippen molar-refractivity contribution in [2.75, 3.05) is 12.8 Å². The number of nitrogen functional groups attached to an aromatic ring is 1. The summed E-state index contributed by atoms with van der Waals surface area (Å²) in [6.45, 7) is 0.360. The zero-order valence-electron chi connectivity index (χ0n) is 14.9. The Morgan fingerprint density at radius 2 is 1.89 bits per heavy atom. The first-order chi connectivity index (χ1) is 13.4. The topological polar surface area (TPSA) is 68.9 Å². The molecule has 0 aliphatic heterocycles. The number of aromatic nitrogens is 3. The molecule has 0 radical (unpaired) electrons. The third-order valence-corrected chi connectivity index (χ3v) is 4.61. The molecule has 0 atom stereocenters. The Hall–Kier alpha value is -3.42. The minimum Gasteiger partial charge on any atom is -0.497 e. The van der Waals surface area contributed by atoms with Gasteiger partial charge in [0, 0.05) is 22.7 Å². The maximum Gasteiger partial charge on any atom is 0.416 e. The van der Waals surface area contributed by atoms with Crippen LogP contribution in [-0.4, -0.2) is 21.9 Å². The lowest BCUT2D eigenvalue weighted by molar-refractivity contribution is -0.137. The highest BCUT2D eigenvalue weighted by Crippen LogP contribution is 2.38. The van der Waals surface area contributed by atoms with Crippen molar-refractivity contribution in [2.45, 2.75) is 12.7 Å². The molecule has 0 unspecified atom stereocenters. The molecule has 0 aliphatic carbocycles. The Morgan fingerprint density at radius 1 is 1.14 bits per heavy atom. The highest BCUT2D eigenvalue weighted by molar-refractivity contribution is 5.97. The number of nitrogens with zero attached hydrogens (tertiary/aromatic N) is 2. The monoisotopic (exact) mass is 386 g/mol. The van der Waals surface area contributed by atoms with Gasteiger partial charge in [0.25, 0.3) is 0 Å². The molecular weight excluding hydrogens is 369 g/mol. The van der Waals surface area contributed by atoms with Crippen molar-refractivity contribution in [1.82, 2.24) is 14.8 Å². The number of ether oxygens (including phenoxy) is 1. The van der Waals surface area contributed by atoms with Gasteiger partial charge in [-0.15, -0.1) is 0 Å². The molecule has 0 bridgehead atoms. The molecule has 0 aliphatic rings. The summed E-state index contributed by atoms with van der Waals surface area (Å²) in [7, 11) is 1.58. The first-order valence-corrected chi connectivity index (χ1v) is 8.50. The van der Waals surface area contributed by atoms with Crippen LogP contribution in [0.15, 0.2) is 54.9 Å². The average Bonchev–Trinajstić information content (AvgIpc) is 3.27. The summed E-state index contributed by atoms with van der Waals surface area (Å²) in [5, 5.41) is 4.93. The van der Waals surface area contributed by atoms with Crippen LogP contribution in [-0.2, 0) is 12.7 Å². The molecule has 4 aromatic rings. The van der Waals surface area contributed by atoms with Crippen LogP contribution in [0.5, 0.6) is 5.75 Å². The van der Waals surface area contributed by atoms with Crippen LogP contribution in [0, 0.1) is 0 Å². The maximum absolute atomic E-state index is 13.4. The fourth-order valence-corrected chi connectivity index (χ4v) is 3.24. The zero-order valence-corrected chi connectivity index (χ0v) is 14.9. The van der Waals surface area contributed by atoms with Crippen molar-refractivity contribution >= 4 is 16.6 Å². The smallest absolute Gasteiger partial charge is 0.416 e. The van der Waals surface area contributed by atoms with Crippen LogP contribution in [0.3, 0.4) is 0 Å². The van der Waals surface area contributed by atoms with Crippen LogP contribution >= 0.6 is 0 Å². The van der Waals surface area contributed by atoms with Gasteiger partial charge in [-0.2, -0.15) is 18.3 Å². The summed E-state index contributed by atoms with van der Waals surface area (Å²) in [5.74, 6) is 0.718. The molecular formula is C20H17F3N4O. The van der Waals surface area contributed by atoms with Gasteiger partial charge in [0.2, 0.25) is 0 Å². The van der Waals surface area contributed by atoms with Crippen molar-refractivity contribution < 1.29 is 17.9 Å². The summed E-state index contributed by atoms with van der Waals surface area (Å²) in [5.41, 5.74) is 7.81. The van der Waals surface area contributed by atoms with Gasteiger partial charge in [-0.1, -0.05) is 12.1 Å². The number of benzene rings is 2. The Balaban J connectivity index is 1.84. The van der Waals surface area contributed by atoms with E-state index in [1.54, 1.807) is 24.1 Å². The molecule has 0 saturated heterocycles. The lowest BCUT2D eigenvalue weighted by Gasteiger charge is -2.14. The fraction of sp³-hybridized carbons (Fsp3) is 0.150. The third kappa shape index (κ3) is 3.17. The van der Waals surface area contributed by atoms with E-state index in [0.29, 0.717) is 34.4 Å². The first-order valence-electron chi connectivity index (χ1n) is 8.50. The number of nitrogens with one attached hydrogen (secondary N) is 1. The lowest BCUT2D eigenvalue weighted by atomic mass is 10.0. The van der Waals surface area contributed by atoms with E-state index in [0.717, 1.165) is 23.4 Å². The largest absolute Gasteiger partial charge is 0.497 e. The highest BCUT2D eigenvalue weighted by atomic mass is 19.4. The summed E-state index contributed by atoms with van der Waals surface area (Å²) in [6, 6.07) is 11.3. The van der Waals surface area contributed by atoms with E-state index >= 15 is 0 Å². The van der Waals surface area contributed by atoms with Crippen molar-refractivity contribution in [1.29, 1.82) is 0 Å². The van der Waals surface area contributed by atoms with Crippen molar-refractivity contribution in [2.24, 2.45) is 0 Å². The van der Waals surface area contributed by atoms with E-state index in [2.05, 4.69) is 10.1 Å². The second-order valence-corrected chi connectivity index (χ2v) is 6.41. The molecule has 2 aromatic heterocycles. The summed E-state index contributed by atoms with van der Waals surface area (Å²) >= 11 is 0. The number of nitrogens with two attached hydrogens (primary N) is 1. The lowest BCUT2D eigenvalue weighted by Crippen LogP contribution is -2.08. The molecule has 28 heavy (non-hydrogen) atoms. The molecule has 3 N–H and O–H groups in total. The molecule has 0 spiro atoms. The van der Waals surface area contributed by atoms with Crippen molar-refractivity contribution in [3.05, 3.63) is 66.0 Å². The van der Waals surface area contributed by atoms with Crippen molar-refractivity contribution in [3.63, 3.8) is 0 Å². The van der Waals surface area contributed by atoms with Crippen LogP contribution in [0.4, 0.5) is 18.9 Å². The molecule has 2 heterocycles. The molecule has 0 fully saturated rings. The quantitative estimate of drug-likeness (QED) is 0.535. The van der Waals surface area contributed by atoms with E-state index in [4.69, 9.17) is 10.5 Å². The maximum atomic E-state index is 13.4. The molecule has 0 saturated carbocycles. The number of methoxy groups -OCH3 is 1. The molecule has 8 heteroatoms. The predicted octanol–water partition coefficient (Wildman–Crippen LogP) is 4.69. The average molecular weight is 386 g/mol. The fourth-order valence-electron chi connectivity index (χ4n) is 3.24. The standard InChI is InChI=1S/C20H17F3N4O/c1-28-14-4-2-12(3-5-14)11-27-19(17(24)10-26-27)16-8-13(20(21,22)23)9-18-15(16)6-7-25-18/h2-10,25H,11,24H2,1H3. The third-order valence-electron chi connectivity index (χ3n) is 4.61. The zero-order chi connectivity index (χ0) is 19.9. The number of H-pyrrole nitrogens is 1. The van der Waals surface area contributed by atoms with Gasteiger partial charge in [-0.3, -0.25) is 4.68 Å². The normalized spacial score (nSPS) is 11.9. The summed E-state index contributed by atoms with van der Waals surface area (Å²) < 4.78 is 46.9. The van der Waals surface area contributed by atoms with Gasteiger partial charge in [0.15, 0.2) is 0 Å². The predicted molar refractivity (Wildman–Crippen MR) is 101 cm³/mol. The molecule has 0 amide bonds. The Kier molecular flexibility index (Phi) is 4.26. The number of anilines is 1. The van der Waals surface area contributed by atoms with Gasteiger partial charge >= 0.3 is 6.18 Å². The number of hydrogen-bond donors (Lipinski definition) is 2. The molecule has 4 rings (SSSR count).